The van der Waals surface area contributed by atoms with Crippen LogP contribution in [-0.4, -0.2) is 48.5 Å². The van der Waals surface area contributed by atoms with Crippen LogP contribution in [0.2, 0.25) is 0 Å². The van der Waals surface area contributed by atoms with E-state index in [1.54, 1.807) is 6.07 Å². The van der Waals surface area contributed by atoms with Gasteiger partial charge in [-0.1, -0.05) is 13.8 Å². The summed E-state index contributed by atoms with van der Waals surface area (Å²) in [7, 11) is 3.89. The molecular formula is C15H23N3OS. The van der Waals surface area contributed by atoms with Gasteiger partial charge in [-0.15, -0.1) is 0 Å². The molecule has 4 nitrogen and oxygen atoms in total. The summed E-state index contributed by atoms with van der Waals surface area (Å²) in [4.78, 5) is 16.7. The quantitative estimate of drug-likeness (QED) is 0.850. The molecule has 1 saturated heterocycles. The minimum absolute atomic E-state index is 0.0833. The van der Waals surface area contributed by atoms with Crippen LogP contribution in [0, 0.1) is 0 Å². The van der Waals surface area contributed by atoms with Crippen LogP contribution in [0.25, 0.3) is 0 Å². The molecule has 0 bridgehead atoms. The number of carbonyl (C=O) groups is 1. The Hall–Kier alpha value is -1.36. The van der Waals surface area contributed by atoms with Crippen molar-refractivity contribution in [3.63, 3.8) is 0 Å². The minimum atomic E-state index is 0.0833. The molecule has 1 heterocycles. The molecule has 1 aromatic rings. The van der Waals surface area contributed by atoms with Gasteiger partial charge in [-0.2, -0.15) is 11.8 Å². The van der Waals surface area contributed by atoms with Crippen LogP contribution in [-0.2, 0) is 0 Å². The molecule has 1 amide bonds. The van der Waals surface area contributed by atoms with E-state index in [1.807, 2.05) is 47.8 Å². The van der Waals surface area contributed by atoms with Crippen LogP contribution in [0.5, 0.6) is 0 Å². The number of benzene rings is 1. The number of anilines is 2. The lowest BCUT2D eigenvalue weighted by Gasteiger charge is -2.35. The fourth-order valence-corrected chi connectivity index (χ4v) is 3.95. The van der Waals surface area contributed by atoms with Crippen LogP contribution < -0.4 is 10.6 Å². The average Bonchev–Trinajstić information content (AvgIpc) is 2.36. The molecule has 0 saturated carbocycles. The van der Waals surface area contributed by atoms with Gasteiger partial charge in [-0.25, -0.2) is 0 Å². The smallest absolute Gasteiger partial charge is 0.256 e. The highest BCUT2D eigenvalue weighted by molar-refractivity contribution is 8.00. The molecule has 0 aliphatic carbocycles. The van der Waals surface area contributed by atoms with Gasteiger partial charge in [0.2, 0.25) is 0 Å². The number of nitrogens with two attached hydrogens (primary N) is 1. The normalized spacial score (nSPS) is 22.7. The monoisotopic (exact) mass is 293 g/mol. The Balaban J connectivity index is 2.30. The molecule has 110 valence electrons. The zero-order valence-corrected chi connectivity index (χ0v) is 13.4. The summed E-state index contributed by atoms with van der Waals surface area (Å²) < 4.78 is 0. The molecule has 1 aromatic carbocycles. The number of hydrogen-bond donors (Lipinski definition) is 1. The minimum Gasteiger partial charge on any atom is -0.399 e. The second kappa shape index (κ2) is 5.95. The lowest BCUT2D eigenvalue weighted by molar-refractivity contribution is 0.0754. The van der Waals surface area contributed by atoms with E-state index in [1.165, 1.54) is 0 Å². The predicted molar refractivity (Wildman–Crippen MR) is 87.6 cm³/mol. The molecule has 1 fully saturated rings. The SMILES string of the molecule is CC1CN(C(=O)c2cc(N)ccc2N(C)C)CC(C)S1. The van der Waals surface area contributed by atoms with Gasteiger partial charge < -0.3 is 15.5 Å². The first-order valence-corrected chi connectivity index (χ1v) is 7.84. The topological polar surface area (TPSA) is 49.6 Å². The maximum Gasteiger partial charge on any atom is 0.256 e. The number of amides is 1. The number of hydrogen-bond acceptors (Lipinski definition) is 4. The molecule has 20 heavy (non-hydrogen) atoms. The third-order valence-corrected chi connectivity index (χ3v) is 4.67. The van der Waals surface area contributed by atoms with Gasteiger partial charge in [0.05, 0.1) is 5.56 Å². The van der Waals surface area contributed by atoms with Crippen molar-refractivity contribution in [2.75, 3.05) is 37.8 Å². The predicted octanol–water partition coefficient (Wildman–Crippen LogP) is 2.30. The van der Waals surface area contributed by atoms with Crippen molar-refractivity contribution in [2.24, 2.45) is 0 Å². The average molecular weight is 293 g/mol. The van der Waals surface area contributed by atoms with Gasteiger partial charge in [0, 0.05) is 49.1 Å². The summed E-state index contributed by atoms with van der Waals surface area (Å²) in [6.45, 7) is 5.95. The van der Waals surface area contributed by atoms with E-state index < -0.39 is 0 Å². The molecule has 1 aliphatic rings. The Labute approximate surface area is 125 Å². The van der Waals surface area contributed by atoms with Crippen molar-refractivity contribution in [3.8, 4) is 0 Å². The third kappa shape index (κ3) is 3.20. The summed E-state index contributed by atoms with van der Waals surface area (Å²) in [5.74, 6) is 0.0833. The number of nitrogen functional groups attached to an aromatic ring is 1. The van der Waals surface area contributed by atoms with E-state index in [4.69, 9.17) is 5.73 Å². The summed E-state index contributed by atoms with van der Waals surface area (Å²) in [6.07, 6.45) is 0. The Kier molecular flexibility index (Phi) is 4.48. The lowest BCUT2D eigenvalue weighted by Crippen LogP contribution is -2.44. The highest BCUT2D eigenvalue weighted by Crippen LogP contribution is 2.28. The van der Waals surface area contributed by atoms with Gasteiger partial charge in [0.1, 0.15) is 0 Å². The molecule has 0 radical (unpaired) electrons. The van der Waals surface area contributed by atoms with Gasteiger partial charge in [0.15, 0.2) is 0 Å². The number of thioether (sulfide) groups is 1. The first-order chi connectivity index (χ1) is 9.38. The summed E-state index contributed by atoms with van der Waals surface area (Å²) in [6, 6.07) is 5.53. The third-order valence-electron chi connectivity index (χ3n) is 3.44. The molecule has 2 N–H and O–H groups in total. The highest BCUT2D eigenvalue weighted by Gasteiger charge is 2.28. The Morgan fingerprint density at radius 3 is 2.45 bits per heavy atom. The fourth-order valence-electron chi connectivity index (χ4n) is 2.63. The van der Waals surface area contributed by atoms with Crippen LogP contribution in [0.3, 0.4) is 0 Å². The molecule has 1 aliphatic heterocycles. The van der Waals surface area contributed by atoms with E-state index in [2.05, 4.69) is 13.8 Å². The Morgan fingerprint density at radius 2 is 1.90 bits per heavy atom. The molecular weight excluding hydrogens is 270 g/mol. The van der Waals surface area contributed by atoms with Crippen molar-refractivity contribution in [1.82, 2.24) is 4.90 Å². The zero-order chi connectivity index (χ0) is 14.9. The summed E-state index contributed by atoms with van der Waals surface area (Å²) >= 11 is 1.94. The first-order valence-electron chi connectivity index (χ1n) is 6.90. The van der Waals surface area contributed by atoms with Crippen LogP contribution in [0.1, 0.15) is 24.2 Å². The van der Waals surface area contributed by atoms with Crippen molar-refractivity contribution in [3.05, 3.63) is 23.8 Å². The first kappa shape index (κ1) is 15.0. The Morgan fingerprint density at radius 1 is 1.30 bits per heavy atom. The molecule has 2 unspecified atom stereocenters. The van der Waals surface area contributed by atoms with Crippen molar-refractivity contribution in [2.45, 2.75) is 24.3 Å². The second-order valence-electron chi connectivity index (χ2n) is 5.64. The molecule has 0 spiro atoms. The van der Waals surface area contributed by atoms with Crippen LogP contribution >= 0.6 is 11.8 Å². The number of carbonyl (C=O) groups excluding carboxylic acids is 1. The molecule has 2 atom stereocenters. The maximum absolute atomic E-state index is 12.8. The van der Waals surface area contributed by atoms with E-state index in [-0.39, 0.29) is 5.91 Å². The van der Waals surface area contributed by atoms with Crippen molar-refractivity contribution >= 4 is 29.0 Å². The fraction of sp³-hybridized carbons (Fsp3) is 0.533. The van der Waals surface area contributed by atoms with Gasteiger partial charge in [0.25, 0.3) is 5.91 Å². The van der Waals surface area contributed by atoms with E-state index >= 15 is 0 Å². The van der Waals surface area contributed by atoms with Crippen molar-refractivity contribution in [1.29, 1.82) is 0 Å². The van der Waals surface area contributed by atoms with Crippen LogP contribution in [0.4, 0.5) is 11.4 Å². The maximum atomic E-state index is 12.8. The van der Waals surface area contributed by atoms with Crippen LogP contribution in [0.15, 0.2) is 18.2 Å². The van der Waals surface area contributed by atoms with E-state index in [0.717, 1.165) is 18.8 Å². The highest BCUT2D eigenvalue weighted by atomic mass is 32.2. The lowest BCUT2D eigenvalue weighted by atomic mass is 10.1. The van der Waals surface area contributed by atoms with Gasteiger partial charge in [-0.3, -0.25) is 4.79 Å². The van der Waals surface area contributed by atoms with Gasteiger partial charge in [-0.05, 0) is 18.2 Å². The molecule has 5 heteroatoms. The molecule has 2 rings (SSSR count). The van der Waals surface area contributed by atoms with E-state index in [9.17, 15) is 4.79 Å². The Bertz CT molecular complexity index is 494. The number of rotatable bonds is 2. The largest absolute Gasteiger partial charge is 0.399 e. The van der Waals surface area contributed by atoms with E-state index in [0.29, 0.717) is 21.8 Å². The standard InChI is InChI=1S/C15H23N3OS/c1-10-8-18(9-11(2)20-10)15(19)13-7-12(16)5-6-14(13)17(3)4/h5-7,10-11H,8-9,16H2,1-4H3. The number of nitrogens with zero attached hydrogens (tertiary/aromatic N) is 2. The molecule has 0 aromatic heterocycles. The van der Waals surface area contributed by atoms with Crippen molar-refractivity contribution < 1.29 is 4.79 Å². The summed E-state index contributed by atoms with van der Waals surface area (Å²) in [5, 5.41) is 0.957. The zero-order valence-electron chi connectivity index (χ0n) is 12.6. The summed E-state index contributed by atoms with van der Waals surface area (Å²) in [5.41, 5.74) is 8.10. The second-order valence-corrected chi connectivity index (χ2v) is 7.52. The van der Waals surface area contributed by atoms with Gasteiger partial charge >= 0.3 is 0 Å².